The van der Waals surface area contributed by atoms with E-state index in [9.17, 15) is 9.59 Å². The lowest BCUT2D eigenvalue weighted by atomic mass is 9.97. The molecule has 0 aromatic rings. The average molecular weight is 271 g/mol. The highest BCUT2D eigenvalue weighted by molar-refractivity contribution is 5.75. The van der Waals surface area contributed by atoms with Crippen molar-refractivity contribution in [2.75, 3.05) is 47.3 Å². The van der Waals surface area contributed by atoms with Gasteiger partial charge in [-0.3, -0.25) is 4.79 Å². The topological polar surface area (TPSA) is 64.1 Å². The highest BCUT2D eigenvalue weighted by atomic mass is 16.4. The maximum atomic E-state index is 12.0. The van der Waals surface area contributed by atoms with E-state index in [0.717, 1.165) is 32.5 Å². The Labute approximate surface area is 115 Å². The summed E-state index contributed by atoms with van der Waals surface area (Å²) in [7, 11) is 5.55. The van der Waals surface area contributed by atoms with Crippen LogP contribution in [-0.4, -0.2) is 79.1 Å². The second-order valence-electron chi connectivity index (χ2n) is 5.48. The van der Waals surface area contributed by atoms with Crippen molar-refractivity contribution in [3.63, 3.8) is 0 Å². The van der Waals surface area contributed by atoms with Gasteiger partial charge in [-0.25, -0.2) is 4.79 Å². The van der Waals surface area contributed by atoms with Gasteiger partial charge in [0.15, 0.2) is 0 Å². The minimum absolute atomic E-state index is 0.00962. The number of rotatable bonds is 5. The fraction of sp³-hybridized carbons (Fsp3) is 0.846. The molecule has 1 aliphatic rings. The van der Waals surface area contributed by atoms with E-state index in [1.165, 1.54) is 4.90 Å². The maximum Gasteiger partial charge on any atom is 0.319 e. The number of urea groups is 1. The smallest absolute Gasteiger partial charge is 0.319 e. The third-order valence-corrected chi connectivity index (χ3v) is 3.68. The van der Waals surface area contributed by atoms with Gasteiger partial charge in [-0.05, 0) is 38.9 Å². The summed E-state index contributed by atoms with van der Waals surface area (Å²) in [6, 6.07) is -0.0971. The molecular formula is C13H25N3O3. The molecule has 0 aromatic carbocycles. The number of nitrogens with zero attached hydrogens (tertiary/aromatic N) is 3. The molecule has 2 amide bonds. The fourth-order valence-electron chi connectivity index (χ4n) is 2.36. The summed E-state index contributed by atoms with van der Waals surface area (Å²) in [5.74, 6) is -0.323. The largest absolute Gasteiger partial charge is 0.481 e. The number of hydrogen-bond donors (Lipinski definition) is 1. The Morgan fingerprint density at radius 3 is 2.32 bits per heavy atom. The zero-order valence-electron chi connectivity index (χ0n) is 12.1. The predicted octanol–water partition coefficient (Wildman–Crippen LogP) is 0.787. The second kappa shape index (κ2) is 7.33. The molecule has 0 atom stereocenters. The van der Waals surface area contributed by atoms with E-state index in [1.807, 2.05) is 0 Å². The quantitative estimate of drug-likeness (QED) is 0.803. The third-order valence-electron chi connectivity index (χ3n) is 3.68. The molecule has 6 nitrogen and oxygen atoms in total. The molecule has 6 heteroatoms. The first-order valence-corrected chi connectivity index (χ1v) is 6.76. The monoisotopic (exact) mass is 271 g/mol. The van der Waals surface area contributed by atoms with Crippen molar-refractivity contribution in [3.8, 4) is 0 Å². The number of likely N-dealkylation sites (tertiary alicyclic amines) is 1. The zero-order chi connectivity index (χ0) is 14.4. The van der Waals surface area contributed by atoms with Crippen LogP contribution in [-0.2, 0) is 4.79 Å². The molecule has 1 aliphatic heterocycles. The van der Waals surface area contributed by atoms with Gasteiger partial charge in [0.2, 0.25) is 0 Å². The number of carboxylic acid groups (broad SMARTS) is 1. The first kappa shape index (κ1) is 15.8. The number of amides is 2. The normalized spacial score (nSPS) is 17.2. The summed E-state index contributed by atoms with van der Waals surface area (Å²) < 4.78 is 0. The fourth-order valence-corrected chi connectivity index (χ4v) is 2.36. The molecule has 110 valence electrons. The molecule has 1 saturated heterocycles. The Morgan fingerprint density at radius 1 is 1.21 bits per heavy atom. The summed E-state index contributed by atoms with van der Waals surface area (Å²) in [5, 5.41) is 8.61. The average Bonchev–Trinajstić information content (AvgIpc) is 2.37. The maximum absolute atomic E-state index is 12.0. The van der Waals surface area contributed by atoms with Crippen LogP contribution in [0.15, 0.2) is 0 Å². The van der Waals surface area contributed by atoms with E-state index in [2.05, 4.69) is 11.9 Å². The van der Waals surface area contributed by atoms with Crippen molar-refractivity contribution in [2.24, 2.45) is 5.92 Å². The number of piperidine rings is 1. The Kier molecular flexibility index (Phi) is 6.08. The van der Waals surface area contributed by atoms with Crippen LogP contribution in [0, 0.1) is 5.92 Å². The second-order valence-corrected chi connectivity index (χ2v) is 5.48. The molecule has 19 heavy (non-hydrogen) atoms. The van der Waals surface area contributed by atoms with Crippen molar-refractivity contribution in [1.82, 2.24) is 14.7 Å². The van der Waals surface area contributed by atoms with Gasteiger partial charge < -0.3 is 19.8 Å². The molecular weight excluding hydrogens is 246 g/mol. The van der Waals surface area contributed by atoms with E-state index < -0.39 is 5.97 Å². The highest BCUT2D eigenvalue weighted by Gasteiger charge is 2.22. The van der Waals surface area contributed by atoms with Gasteiger partial charge in [0.1, 0.15) is 0 Å². The van der Waals surface area contributed by atoms with E-state index in [4.69, 9.17) is 5.11 Å². The Balaban J connectivity index is 2.33. The van der Waals surface area contributed by atoms with Crippen molar-refractivity contribution in [2.45, 2.75) is 19.3 Å². The van der Waals surface area contributed by atoms with Crippen LogP contribution >= 0.6 is 0 Å². The molecule has 0 bridgehead atoms. The van der Waals surface area contributed by atoms with Gasteiger partial charge in [0.05, 0.1) is 6.42 Å². The summed E-state index contributed by atoms with van der Waals surface area (Å²) in [6.45, 7) is 3.18. The molecule has 0 aromatic heterocycles. The van der Waals surface area contributed by atoms with Gasteiger partial charge in [-0.1, -0.05) is 0 Å². The minimum atomic E-state index is -0.877. The first-order chi connectivity index (χ1) is 8.90. The van der Waals surface area contributed by atoms with Crippen LogP contribution in [0.5, 0.6) is 0 Å². The van der Waals surface area contributed by atoms with Gasteiger partial charge in [0, 0.05) is 27.2 Å². The van der Waals surface area contributed by atoms with E-state index in [0.29, 0.717) is 5.92 Å². The lowest BCUT2D eigenvalue weighted by Crippen LogP contribution is -2.43. The van der Waals surface area contributed by atoms with Crippen LogP contribution in [0.3, 0.4) is 0 Å². The molecule has 1 fully saturated rings. The van der Waals surface area contributed by atoms with E-state index in [1.54, 1.807) is 19.0 Å². The summed E-state index contributed by atoms with van der Waals surface area (Å²) in [6.07, 6.45) is 2.23. The van der Waals surface area contributed by atoms with Crippen LogP contribution in [0.4, 0.5) is 4.79 Å². The minimum Gasteiger partial charge on any atom is -0.481 e. The molecule has 0 unspecified atom stereocenters. The molecule has 0 saturated carbocycles. The van der Waals surface area contributed by atoms with Crippen LogP contribution in [0.25, 0.3) is 0 Å². The molecule has 1 rings (SSSR count). The third kappa shape index (κ3) is 5.46. The Hall–Kier alpha value is -1.30. The number of hydrogen-bond acceptors (Lipinski definition) is 3. The predicted molar refractivity (Wildman–Crippen MR) is 73.1 cm³/mol. The summed E-state index contributed by atoms with van der Waals surface area (Å²) in [5.41, 5.74) is 0. The standard InChI is InChI=1S/C13H25N3O3/c1-14-7-4-11(5-8-14)10-16(3)13(19)15(2)9-6-12(17)18/h11H,4-10H2,1-3H3,(H,17,18). The van der Waals surface area contributed by atoms with Gasteiger partial charge >= 0.3 is 12.0 Å². The van der Waals surface area contributed by atoms with Gasteiger partial charge in [0.25, 0.3) is 0 Å². The first-order valence-electron chi connectivity index (χ1n) is 6.76. The number of carbonyl (C=O) groups excluding carboxylic acids is 1. The van der Waals surface area contributed by atoms with Crippen molar-refractivity contribution >= 4 is 12.0 Å². The van der Waals surface area contributed by atoms with Gasteiger partial charge in [-0.2, -0.15) is 0 Å². The van der Waals surface area contributed by atoms with Crippen LogP contribution in [0.2, 0.25) is 0 Å². The van der Waals surface area contributed by atoms with E-state index >= 15 is 0 Å². The molecule has 1 heterocycles. The van der Waals surface area contributed by atoms with Gasteiger partial charge in [-0.15, -0.1) is 0 Å². The molecule has 0 spiro atoms. The summed E-state index contributed by atoms with van der Waals surface area (Å²) in [4.78, 5) is 28.0. The van der Waals surface area contributed by atoms with E-state index in [-0.39, 0.29) is 19.0 Å². The summed E-state index contributed by atoms with van der Waals surface area (Å²) >= 11 is 0. The van der Waals surface area contributed by atoms with Crippen LogP contribution in [0.1, 0.15) is 19.3 Å². The number of aliphatic carboxylic acids is 1. The van der Waals surface area contributed by atoms with Crippen molar-refractivity contribution in [1.29, 1.82) is 0 Å². The lowest BCUT2D eigenvalue weighted by Gasteiger charge is -2.33. The van der Waals surface area contributed by atoms with Crippen molar-refractivity contribution in [3.05, 3.63) is 0 Å². The van der Waals surface area contributed by atoms with Crippen LogP contribution < -0.4 is 0 Å². The number of carbonyl (C=O) groups is 2. The highest BCUT2D eigenvalue weighted by Crippen LogP contribution is 2.17. The Bertz CT molecular complexity index is 314. The molecule has 1 N–H and O–H groups in total. The Morgan fingerprint density at radius 2 is 1.79 bits per heavy atom. The van der Waals surface area contributed by atoms with Crippen molar-refractivity contribution < 1.29 is 14.7 Å². The number of carboxylic acids is 1. The SMILES string of the molecule is CN1CCC(CN(C)C(=O)N(C)CCC(=O)O)CC1. The molecule has 0 aliphatic carbocycles. The lowest BCUT2D eigenvalue weighted by molar-refractivity contribution is -0.137. The zero-order valence-corrected chi connectivity index (χ0v) is 12.1. The molecule has 0 radical (unpaired) electrons.